The number of hydrogen-bond donors (Lipinski definition) is 1. The van der Waals surface area contributed by atoms with E-state index in [0.717, 1.165) is 18.7 Å². The lowest BCUT2D eigenvalue weighted by atomic mass is 9.95. The zero-order valence-electron chi connectivity index (χ0n) is 18.5. The van der Waals surface area contributed by atoms with Gasteiger partial charge >= 0.3 is 0 Å². The van der Waals surface area contributed by atoms with Crippen LogP contribution in [0.1, 0.15) is 34.8 Å². The van der Waals surface area contributed by atoms with Crippen LogP contribution in [0, 0.1) is 11.7 Å². The molecule has 0 aliphatic carbocycles. The topological polar surface area (TPSA) is 61.9 Å². The number of likely N-dealkylation sites (tertiary alicyclic amines) is 1. The summed E-state index contributed by atoms with van der Waals surface area (Å²) in [6.07, 6.45) is 1.26. The highest BCUT2D eigenvalue weighted by molar-refractivity contribution is 6.30. The summed E-state index contributed by atoms with van der Waals surface area (Å²) in [7, 11) is 0. The molecule has 2 aromatic carbocycles. The van der Waals surface area contributed by atoms with Gasteiger partial charge in [0.15, 0.2) is 0 Å². The van der Waals surface area contributed by atoms with Crippen molar-refractivity contribution in [3.8, 4) is 0 Å². The Morgan fingerprint density at radius 2 is 1.64 bits per heavy atom. The first-order chi connectivity index (χ1) is 16.0. The third-order valence-corrected chi connectivity index (χ3v) is 6.71. The average molecular weight is 474 g/mol. The second-order valence-corrected chi connectivity index (χ2v) is 8.97. The number of piperidine rings is 1. The van der Waals surface area contributed by atoms with Gasteiger partial charge in [0, 0.05) is 49.2 Å². The first kappa shape index (κ1) is 23.7. The van der Waals surface area contributed by atoms with E-state index in [2.05, 4.69) is 10.2 Å². The Balaban J connectivity index is 1.32. The van der Waals surface area contributed by atoms with Crippen LogP contribution in [0.25, 0.3) is 0 Å². The lowest BCUT2D eigenvalue weighted by molar-refractivity contribution is -0.126. The maximum absolute atomic E-state index is 13.4. The van der Waals surface area contributed by atoms with Gasteiger partial charge in [-0.3, -0.25) is 14.5 Å². The molecule has 2 fully saturated rings. The molecular weight excluding hydrogens is 445 g/mol. The number of hydrogen-bond acceptors (Lipinski definition) is 4. The molecule has 2 aliphatic heterocycles. The van der Waals surface area contributed by atoms with Crippen LogP contribution >= 0.6 is 11.6 Å². The van der Waals surface area contributed by atoms with E-state index in [0.29, 0.717) is 56.3 Å². The molecule has 4 rings (SSSR count). The lowest BCUT2D eigenvalue weighted by Gasteiger charge is -2.36. The molecule has 2 heterocycles. The van der Waals surface area contributed by atoms with Gasteiger partial charge in [0.1, 0.15) is 5.82 Å². The molecule has 176 valence electrons. The molecule has 1 atom stereocenters. The van der Waals surface area contributed by atoms with Crippen molar-refractivity contribution in [2.24, 2.45) is 5.92 Å². The number of carbonyl (C=O) groups excluding carboxylic acids is 2. The summed E-state index contributed by atoms with van der Waals surface area (Å²) in [6, 6.07) is 13.3. The van der Waals surface area contributed by atoms with Crippen LogP contribution in [0.2, 0.25) is 5.02 Å². The van der Waals surface area contributed by atoms with E-state index >= 15 is 0 Å². The van der Waals surface area contributed by atoms with E-state index in [9.17, 15) is 14.0 Å². The molecule has 2 aromatic rings. The second kappa shape index (κ2) is 11.1. The average Bonchev–Trinajstić information content (AvgIpc) is 2.86. The Kier molecular flexibility index (Phi) is 7.96. The standard InChI is InChI=1S/C25H29ClFN3O3/c26-21-5-1-20(2-6-21)25(32)30-11-9-19(10-12-30)24(31)28-17-23(29-13-15-33-16-14-29)18-3-7-22(27)8-4-18/h1-8,19,23H,9-17H2,(H,28,31). The Labute approximate surface area is 198 Å². The zero-order valence-corrected chi connectivity index (χ0v) is 19.3. The monoisotopic (exact) mass is 473 g/mol. The molecular formula is C25H29ClFN3O3. The smallest absolute Gasteiger partial charge is 0.253 e. The van der Waals surface area contributed by atoms with Crippen LogP contribution in [-0.2, 0) is 9.53 Å². The van der Waals surface area contributed by atoms with Gasteiger partial charge in [-0.1, -0.05) is 23.7 Å². The van der Waals surface area contributed by atoms with Crippen molar-refractivity contribution in [3.63, 3.8) is 0 Å². The summed E-state index contributed by atoms with van der Waals surface area (Å²) < 4.78 is 18.9. The number of nitrogens with zero attached hydrogens (tertiary/aromatic N) is 2. The molecule has 2 aliphatic rings. The predicted octanol–water partition coefficient (Wildman–Crippen LogP) is 3.52. The molecule has 8 heteroatoms. The highest BCUT2D eigenvalue weighted by atomic mass is 35.5. The Morgan fingerprint density at radius 1 is 1.00 bits per heavy atom. The number of ether oxygens (including phenoxy) is 1. The lowest BCUT2D eigenvalue weighted by Crippen LogP contribution is -2.46. The SMILES string of the molecule is O=C(NCC(c1ccc(F)cc1)N1CCOCC1)C1CCN(C(=O)c2ccc(Cl)cc2)CC1. The molecule has 1 unspecified atom stereocenters. The minimum Gasteiger partial charge on any atom is -0.379 e. The third-order valence-electron chi connectivity index (χ3n) is 6.46. The Hall–Kier alpha value is -2.48. The first-order valence-electron chi connectivity index (χ1n) is 11.4. The predicted molar refractivity (Wildman–Crippen MR) is 125 cm³/mol. The van der Waals surface area contributed by atoms with Crippen LogP contribution in [-0.4, -0.2) is 67.6 Å². The van der Waals surface area contributed by atoms with Crippen molar-refractivity contribution >= 4 is 23.4 Å². The first-order valence-corrected chi connectivity index (χ1v) is 11.8. The summed E-state index contributed by atoms with van der Waals surface area (Å²) in [5.41, 5.74) is 1.58. The maximum Gasteiger partial charge on any atom is 0.253 e. The third kappa shape index (κ3) is 6.10. The van der Waals surface area contributed by atoms with Gasteiger partial charge in [0.2, 0.25) is 5.91 Å². The van der Waals surface area contributed by atoms with Crippen LogP contribution in [0.3, 0.4) is 0 Å². The van der Waals surface area contributed by atoms with Gasteiger partial charge in [-0.2, -0.15) is 0 Å². The molecule has 0 bridgehead atoms. The van der Waals surface area contributed by atoms with Gasteiger partial charge in [-0.25, -0.2) is 4.39 Å². The van der Waals surface area contributed by atoms with E-state index < -0.39 is 0 Å². The van der Waals surface area contributed by atoms with E-state index in [1.54, 1.807) is 41.3 Å². The van der Waals surface area contributed by atoms with Gasteiger partial charge in [0.25, 0.3) is 5.91 Å². The highest BCUT2D eigenvalue weighted by Gasteiger charge is 2.29. The van der Waals surface area contributed by atoms with E-state index in [1.807, 2.05) is 0 Å². The molecule has 2 amide bonds. The van der Waals surface area contributed by atoms with Crippen molar-refractivity contribution in [2.45, 2.75) is 18.9 Å². The van der Waals surface area contributed by atoms with Crippen LogP contribution in [0.15, 0.2) is 48.5 Å². The molecule has 0 radical (unpaired) electrons. The van der Waals surface area contributed by atoms with E-state index in [4.69, 9.17) is 16.3 Å². The van der Waals surface area contributed by atoms with E-state index in [-0.39, 0.29) is 29.6 Å². The number of halogens is 2. The molecule has 2 saturated heterocycles. The largest absolute Gasteiger partial charge is 0.379 e. The minimum atomic E-state index is -0.275. The Bertz CT molecular complexity index is 940. The molecule has 0 aromatic heterocycles. The van der Waals surface area contributed by atoms with Gasteiger partial charge in [-0.15, -0.1) is 0 Å². The normalized spacial score (nSPS) is 18.7. The van der Waals surface area contributed by atoms with Gasteiger partial charge in [-0.05, 0) is 54.8 Å². The van der Waals surface area contributed by atoms with Crippen LogP contribution in [0.5, 0.6) is 0 Å². The summed E-state index contributed by atoms with van der Waals surface area (Å²) in [4.78, 5) is 29.7. The summed E-state index contributed by atoms with van der Waals surface area (Å²) in [6.45, 7) is 4.37. The van der Waals surface area contributed by atoms with Crippen molar-refractivity contribution in [1.29, 1.82) is 0 Å². The zero-order chi connectivity index (χ0) is 23.2. The highest BCUT2D eigenvalue weighted by Crippen LogP contribution is 2.24. The number of nitrogens with one attached hydrogen (secondary N) is 1. The summed E-state index contributed by atoms with van der Waals surface area (Å²) >= 11 is 5.91. The van der Waals surface area contributed by atoms with Crippen molar-refractivity contribution in [1.82, 2.24) is 15.1 Å². The minimum absolute atomic E-state index is 0.00830. The molecule has 1 N–H and O–H groups in total. The van der Waals surface area contributed by atoms with Crippen molar-refractivity contribution in [2.75, 3.05) is 45.9 Å². The molecule has 0 saturated carbocycles. The number of morpholine rings is 1. The second-order valence-electron chi connectivity index (χ2n) is 8.53. The summed E-state index contributed by atoms with van der Waals surface area (Å²) in [5.74, 6) is -0.426. The van der Waals surface area contributed by atoms with Gasteiger partial charge in [0.05, 0.1) is 19.3 Å². The number of rotatable bonds is 6. The quantitative estimate of drug-likeness (QED) is 0.697. The van der Waals surface area contributed by atoms with Crippen LogP contribution in [0.4, 0.5) is 4.39 Å². The number of amides is 2. The fourth-order valence-corrected chi connectivity index (χ4v) is 4.62. The fraction of sp³-hybridized carbons (Fsp3) is 0.440. The molecule has 33 heavy (non-hydrogen) atoms. The summed E-state index contributed by atoms with van der Waals surface area (Å²) in [5, 5.41) is 3.71. The maximum atomic E-state index is 13.4. The number of benzene rings is 2. The van der Waals surface area contributed by atoms with Crippen LogP contribution < -0.4 is 5.32 Å². The van der Waals surface area contributed by atoms with E-state index in [1.165, 1.54) is 12.1 Å². The fourth-order valence-electron chi connectivity index (χ4n) is 4.49. The van der Waals surface area contributed by atoms with Gasteiger partial charge < -0.3 is 15.0 Å². The molecule has 6 nitrogen and oxygen atoms in total. The molecule has 0 spiro atoms. The van der Waals surface area contributed by atoms with Crippen molar-refractivity contribution < 1.29 is 18.7 Å². The van der Waals surface area contributed by atoms with Crippen molar-refractivity contribution in [3.05, 3.63) is 70.5 Å². The Morgan fingerprint density at radius 3 is 2.27 bits per heavy atom. The number of carbonyl (C=O) groups is 2.